The van der Waals surface area contributed by atoms with E-state index >= 15 is 0 Å². The molecule has 1 heterocycles. The molecule has 0 saturated heterocycles. The van der Waals surface area contributed by atoms with Gasteiger partial charge >= 0.3 is 0 Å². The van der Waals surface area contributed by atoms with Crippen molar-refractivity contribution in [1.29, 1.82) is 0 Å². The van der Waals surface area contributed by atoms with E-state index in [0.29, 0.717) is 5.92 Å². The summed E-state index contributed by atoms with van der Waals surface area (Å²) in [7, 11) is 0. The summed E-state index contributed by atoms with van der Waals surface area (Å²) in [5, 5.41) is 20.3. The van der Waals surface area contributed by atoms with E-state index in [2.05, 4.69) is 0 Å². The lowest BCUT2D eigenvalue weighted by atomic mass is 10.0. The lowest BCUT2D eigenvalue weighted by Crippen LogP contribution is -1.82. The predicted molar refractivity (Wildman–Crippen MR) is 81.7 cm³/mol. The van der Waals surface area contributed by atoms with Crippen molar-refractivity contribution in [3.05, 3.63) is 47.5 Å². The summed E-state index contributed by atoms with van der Waals surface area (Å²) in [6.07, 6.45) is 2.32. The number of phenolic OH excluding ortho intramolecular Hbond substituents is 2. The molecule has 2 aromatic carbocycles. The second-order valence-electron chi connectivity index (χ2n) is 5.81. The van der Waals surface area contributed by atoms with E-state index in [-0.39, 0.29) is 11.5 Å². The van der Waals surface area contributed by atoms with Gasteiger partial charge in [-0.2, -0.15) is 0 Å². The molecule has 3 nitrogen and oxygen atoms in total. The molecule has 2 N–H and O–H groups in total. The van der Waals surface area contributed by atoms with E-state index in [1.54, 1.807) is 24.3 Å². The van der Waals surface area contributed by atoms with Gasteiger partial charge in [0.15, 0.2) is 0 Å². The molecule has 1 fully saturated rings. The lowest BCUT2D eigenvalue weighted by Gasteiger charge is -2.02. The van der Waals surface area contributed by atoms with Crippen LogP contribution in [0.4, 0.5) is 0 Å². The number of aryl methyl sites for hydroxylation is 1. The first-order valence-electron chi connectivity index (χ1n) is 7.19. The average molecular weight is 280 g/mol. The number of hydrogen-bond donors (Lipinski definition) is 2. The fraction of sp³-hybridized carbons (Fsp3) is 0.222. The highest BCUT2D eigenvalue weighted by Gasteiger charge is 2.32. The summed E-state index contributed by atoms with van der Waals surface area (Å²) in [6, 6.07) is 10.6. The summed E-state index contributed by atoms with van der Waals surface area (Å²) in [5.41, 5.74) is 3.94. The fourth-order valence-electron chi connectivity index (χ4n) is 2.97. The molecule has 0 bridgehead atoms. The molecule has 21 heavy (non-hydrogen) atoms. The summed E-state index contributed by atoms with van der Waals surface area (Å²) in [4.78, 5) is 0. The third-order valence-electron chi connectivity index (χ3n) is 4.11. The van der Waals surface area contributed by atoms with Crippen molar-refractivity contribution in [2.75, 3.05) is 0 Å². The first-order chi connectivity index (χ1) is 10.1. The van der Waals surface area contributed by atoms with Gasteiger partial charge in [-0.25, -0.2) is 0 Å². The lowest BCUT2D eigenvalue weighted by molar-refractivity contribution is 0.474. The number of hydrogen-bond acceptors (Lipinski definition) is 3. The van der Waals surface area contributed by atoms with Crippen LogP contribution >= 0.6 is 0 Å². The zero-order valence-electron chi connectivity index (χ0n) is 11.8. The summed E-state index contributed by atoms with van der Waals surface area (Å²) >= 11 is 0. The van der Waals surface area contributed by atoms with Crippen LogP contribution in [0.15, 0.2) is 40.8 Å². The summed E-state index contributed by atoms with van der Waals surface area (Å²) < 4.78 is 6.12. The molecular weight excluding hydrogens is 264 g/mol. The standard InChI is InChI=1S/C18H16O3/c1-10-8-14(20)9-15-16(11-2-3-11)18(21-17(10)15)12-4-6-13(19)7-5-12/h4-9,11,19-20H,2-3H2,1H3. The predicted octanol–water partition coefficient (Wildman–Crippen LogP) is 4.70. The number of aromatic hydroxyl groups is 2. The van der Waals surface area contributed by atoms with Crippen LogP contribution in [0.1, 0.15) is 29.9 Å². The van der Waals surface area contributed by atoms with Gasteiger partial charge in [-0.05, 0) is 67.6 Å². The number of fused-ring (bicyclic) bond motifs is 1. The van der Waals surface area contributed by atoms with E-state index in [4.69, 9.17) is 4.42 Å². The smallest absolute Gasteiger partial charge is 0.138 e. The van der Waals surface area contributed by atoms with Gasteiger partial charge in [0.25, 0.3) is 0 Å². The molecule has 1 aromatic heterocycles. The first kappa shape index (κ1) is 12.3. The second-order valence-corrected chi connectivity index (χ2v) is 5.81. The molecule has 1 aliphatic rings. The van der Waals surface area contributed by atoms with Gasteiger partial charge in [0, 0.05) is 16.5 Å². The maximum absolute atomic E-state index is 9.88. The number of furan rings is 1. The molecule has 0 spiro atoms. The van der Waals surface area contributed by atoms with Gasteiger partial charge in [0.05, 0.1) is 0 Å². The van der Waals surface area contributed by atoms with Crippen LogP contribution in [0.5, 0.6) is 11.5 Å². The van der Waals surface area contributed by atoms with E-state index in [0.717, 1.165) is 40.7 Å². The number of rotatable bonds is 2. The molecule has 0 amide bonds. The second kappa shape index (κ2) is 4.29. The summed E-state index contributed by atoms with van der Waals surface area (Å²) in [6.45, 7) is 1.95. The normalized spacial score (nSPS) is 14.7. The van der Waals surface area contributed by atoms with Crippen LogP contribution in [0.2, 0.25) is 0 Å². The molecule has 0 unspecified atom stereocenters. The fourth-order valence-corrected chi connectivity index (χ4v) is 2.97. The van der Waals surface area contributed by atoms with Crippen molar-refractivity contribution < 1.29 is 14.6 Å². The molecular formula is C18H16O3. The van der Waals surface area contributed by atoms with Crippen molar-refractivity contribution in [2.24, 2.45) is 0 Å². The van der Waals surface area contributed by atoms with Crippen molar-refractivity contribution in [3.8, 4) is 22.8 Å². The monoisotopic (exact) mass is 280 g/mol. The molecule has 0 aliphatic heterocycles. The van der Waals surface area contributed by atoms with Gasteiger partial charge in [-0.3, -0.25) is 0 Å². The Morgan fingerprint density at radius 2 is 1.71 bits per heavy atom. The zero-order valence-corrected chi connectivity index (χ0v) is 11.8. The Balaban J connectivity index is 2.02. The average Bonchev–Trinajstić information content (AvgIpc) is 3.21. The molecule has 4 rings (SSSR count). The SMILES string of the molecule is Cc1cc(O)cc2c(C3CC3)c(-c3ccc(O)cc3)oc12. The Morgan fingerprint density at radius 1 is 1.00 bits per heavy atom. The highest BCUT2D eigenvalue weighted by Crippen LogP contribution is 2.50. The highest BCUT2D eigenvalue weighted by atomic mass is 16.3. The van der Waals surface area contributed by atoms with E-state index in [1.807, 2.05) is 19.1 Å². The van der Waals surface area contributed by atoms with Crippen LogP contribution in [0.25, 0.3) is 22.3 Å². The first-order valence-corrected chi connectivity index (χ1v) is 7.19. The Kier molecular flexibility index (Phi) is 2.52. The Labute approximate surface area is 122 Å². The Bertz CT molecular complexity index is 824. The largest absolute Gasteiger partial charge is 0.508 e. The van der Waals surface area contributed by atoms with E-state index in [9.17, 15) is 10.2 Å². The quantitative estimate of drug-likeness (QED) is 0.715. The molecule has 3 aromatic rings. The van der Waals surface area contributed by atoms with Gasteiger partial charge in [-0.15, -0.1) is 0 Å². The number of benzene rings is 2. The third-order valence-corrected chi connectivity index (χ3v) is 4.11. The molecule has 1 saturated carbocycles. The van der Waals surface area contributed by atoms with Gasteiger partial charge in [0.1, 0.15) is 22.8 Å². The minimum atomic E-state index is 0.247. The summed E-state index contributed by atoms with van der Waals surface area (Å²) in [5.74, 6) is 1.90. The highest BCUT2D eigenvalue weighted by molar-refractivity contribution is 5.92. The minimum absolute atomic E-state index is 0.247. The Hall–Kier alpha value is -2.42. The molecule has 106 valence electrons. The van der Waals surface area contributed by atoms with Crippen LogP contribution in [0.3, 0.4) is 0 Å². The Morgan fingerprint density at radius 3 is 2.38 bits per heavy atom. The van der Waals surface area contributed by atoms with Crippen molar-refractivity contribution in [3.63, 3.8) is 0 Å². The zero-order chi connectivity index (χ0) is 14.6. The molecule has 1 aliphatic carbocycles. The van der Waals surface area contributed by atoms with E-state index < -0.39 is 0 Å². The minimum Gasteiger partial charge on any atom is -0.508 e. The van der Waals surface area contributed by atoms with Crippen LogP contribution in [-0.4, -0.2) is 10.2 Å². The van der Waals surface area contributed by atoms with Gasteiger partial charge < -0.3 is 14.6 Å². The van der Waals surface area contributed by atoms with Gasteiger partial charge in [-0.1, -0.05) is 0 Å². The molecule has 0 radical (unpaired) electrons. The topological polar surface area (TPSA) is 53.6 Å². The van der Waals surface area contributed by atoms with E-state index in [1.165, 1.54) is 5.56 Å². The molecule has 3 heteroatoms. The van der Waals surface area contributed by atoms with Crippen molar-refractivity contribution in [1.82, 2.24) is 0 Å². The maximum Gasteiger partial charge on any atom is 0.138 e. The molecule has 0 atom stereocenters. The van der Waals surface area contributed by atoms with Crippen LogP contribution in [0, 0.1) is 6.92 Å². The maximum atomic E-state index is 9.88. The van der Waals surface area contributed by atoms with Crippen LogP contribution < -0.4 is 0 Å². The third kappa shape index (κ3) is 1.97. The van der Waals surface area contributed by atoms with Crippen LogP contribution in [-0.2, 0) is 0 Å². The van der Waals surface area contributed by atoms with Crippen molar-refractivity contribution in [2.45, 2.75) is 25.7 Å². The van der Waals surface area contributed by atoms with Gasteiger partial charge in [0.2, 0.25) is 0 Å². The van der Waals surface area contributed by atoms with Crippen molar-refractivity contribution >= 4 is 11.0 Å². The number of phenols is 2.